The highest BCUT2D eigenvalue weighted by atomic mass is 15.2. The van der Waals surface area contributed by atoms with Gasteiger partial charge in [0.2, 0.25) is 0 Å². The zero-order chi connectivity index (χ0) is 13.2. The maximum absolute atomic E-state index is 3.73. The minimum absolute atomic E-state index is 0.768. The second kappa shape index (κ2) is 5.64. The molecular formula is C17H26N2. The summed E-state index contributed by atoms with van der Waals surface area (Å²) in [6.45, 7) is 3.31. The summed E-state index contributed by atoms with van der Waals surface area (Å²) in [6.07, 6.45) is 6.58. The lowest BCUT2D eigenvalue weighted by Gasteiger charge is -2.35. The molecule has 2 fully saturated rings. The van der Waals surface area contributed by atoms with Crippen LogP contribution in [0.5, 0.6) is 0 Å². The van der Waals surface area contributed by atoms with Gasteiger partial charge in [0.1, 0.15) is 0 Å². The standard InChI is InChI=1S/C17H26N2/c1-3-13-4-6-14(7-5-13)12-19(2)17-10-15-8-9-16(11-17)18-15/h4-7,15-18H,3,8-12H2,1-2H3. The van der Waals surface area contributed by atoms with Crippen LogP contribution in [-0.4, -0.2) is 30.1 Å². The molecule has 2 unspecified atom stereocenters. The van der Waals surface area contributed by atoms with Crippen LogP contribution in [0.2, 0.25) is 0 Å². The third-order valence-corrected chi connectivity index (χ3v) is 4.93. The molecule has 2 heterocycles. The first-order valence-electron chi connectivity index (χ1n) is 7.78. The second-order valence-electron chi connectivity index (χ2n) is 6.35. The Kier molecular flexibility index (Phi) is 3.90. The van der Waals surface area contributed by atoms with Gasteiger partial charge in [0, 0.05) is 24.7 Å². The highest BCUT2D eigenvalue weighted by Gasteiger charge is 2.34. The van der Waals surface area contributed by atoms with E-state index in [1.54, 1.807) is 0 Å². The van der Waals surface area contributed by atoms with Gasteiger partial charge >= 0.3 is 0 Å². The van der Waals surface area contributed by atoms with Gasteiger partial charge in [-0.25, -0.2) is 0 Å². The largest absolute Gasteiger partial charge is 0.311 e. The molecule has 2 saturated heterocycles. The molecule has 1 N–H and O–H groups in total. The summed E-state index contributed by atoms with van der Waals surface area (Å²) in [5.74, 6) is 0. The maximum Gasteiger partial charge on any atom is 0.0233 e. The van der Waals surface area contributed by atoms with Crippen LogP contribution in [0.15, 0.2) is 24.3 Å². The monoisotopic (exact) mass is 258 g/mol. The van der Waals surface area contributed by atoms with Crippen LogP contribution in [0.25, 0.3) is 0 Å². The number of fused-ring (bicyclic) bond motifs is 2. The molecule has 2 heteroatoms. The third-order valence-electron chi connectivity index (χ3n) is 4.93. The lowest BCUT2D eigenvalue weighted by Crippen LogP contribution is -2.46. The van der Waals surface area contributed by atoms with Gasteiger partial charge in [0.15, 0.2) is 0 Å². The Hall–Kier alpha value is -0.860. The van der Waals surface area contributed by atoms with E-state index in [0.29, 0.717) is 0 Å². The van der Waals surface area contributed by atoms with Gasteiger partial charge in [-0.1, -0.05) is 31.2 Å². The molecule has 1 aromatic carbocycles. The molecule has 0 aliphatic carbocycles. The van der Waals surface area contributed by atoms with Crippen LogP contribution in [0.3, 0.4) is 0 Å². The molecule has 3 rings (SSSR count). The van der Waals surface area contributed by atoms with Crippen LogP contribution in [0.4, 0.5) is 0 Å². The van der Waals surface area contributed by atoms with E-state index in [1.165, 1.54) is 36.8 Å². The summed E-state index contributed by atoms with van der Waals surface area (Å²) < 4.78 is 0. The van der Waals surface area contributed by atoms with Crippen LogP contribution in [0, 0.1) is 0 Å². The smallest absolute Gasteiger partial charge is 0.0233 e. The van der Waals surface area contributed by atoms with Crippen LogP contribution in [-0.2, 0) is 13.0 Å². The summed E-state index contributed by atoms with van der Waals surface area (Å²) >= 11 is 0. The number of aryl methyl sites for hydroxylation is 1. The Labute approximate surface area is 117 Å². The summed E-state index contributed by atoms with van der Waals surface area (Å²) in [4.78, 5) is 2.56. The fourth-order valence-corrected chi connectivity index (χ4v) is 3.68. The topological polar surface area (TPSA) is 15.3 Å². The van der Waals surface area contributed by atoms with Crippen molar-refractivity contribution in [2.75, 3.05) is 7.05 Å². The molecule has 2 aliphatic rings. The summed E-state index contributed by atoms with van der Waals surface area (Å²) in [6, 6.07) is 11.5. The normalized spacial score (nSPS) is 29.9. The van der Waals surface area contributed by atoms with Crippen molar-refractivity contribution in [3.63, 3.8) is 0 Å². The number of nitrogens with zero attached hydrogens (tertiary/aromatic N) is 1. The Morgan fingerprint density at radius 3 is 2.21 bits per heavy atom. The summed E-state index contributed by atoms with van der Waals surface area (Å²) in [5, 5.41) is 3.73. The van der Waals surface area contributed by atoms with Crippen LogP contribution in [0.1, 0.15) is 43.7 Å². The molecule has 2 atom stereocenters. The highest BCUT2D eigenvalue weighted by molar-refractivity contribution is 5.22. The molecule has 0 radical (unpaired) electrons. The Balaban J connectivity index is 1.59. The van der Waals surface area contributed by atoms with Gasteiger partial charge in [0.05, 0.1) is 0 Å². The second-order valence-corrected chi connectivity index (χ2v) is 6.35. The van der Waals surface area contributed by atoms with Crippen molar-refractivity contribution in [3.05, 3.63) is 35.4 Å². The molecule has 0 aromatic heterocycles. The van der Waals surface area contributed by atoms with Crippen molar-refractivity contribution in [3.8, 4) is 0 Å². The average molecular weight is 258 g/mol. The number of nitrogens with one attached hydrogen (secondary N) is 1. The van der Waals surface area contributed by atoms with Crippen molar-refractivity contribution in [1.82, 2.24) is 10.2 Å². The van der Waals surface area contributed by atoms with Crippen molar-refractivity contribution < 1.29 is 0 Å². The van der Waals surface area contributed by atoms with E-state index in [4.69, 9.17) is 0 Å². The van der Waals surface area contributed by atoms with Crippen molar-refractivity contribution >= 4 is 0 Å². The lowest BCUT2D eigenvalue weighted by molar-refractivity contribution is 0.166. The fraction of sp³-hybridized carbons (Fsp3) is 0.647. The molecule has 2 bridgehead atoms. The van der Waals surface area contributed by atoms with Gasteiger partial charge in [0.25, 0.3) is 0 Å². The molecule has 2 nitrogen and oxygen atoms in total. The van der Waals surface area contributed by atoms with E-state index < -0.39 is 0 Å². The Morgan fingerprint density at radius 2 is 1.63 bits per heavy atom. The summed E-state index contributed by atoms with van der Waals surface area (Å²) in [7, 11) is 2.29. The number of benzene rings is 1. The maximum atomic E-state index is 3.73. The third kappa shape index (κ3) is 3.01. The molecule has 0 amide bonds. The molecule has 0 saturated carbocycles. The highest BCUT2D eigenvalue weighted by Crippen LogP contribution is 2.29. The van der Waals surface area contributed by atoms with Gasteiger partial charge in [-0.2, -0.15) is 0 Å². The SMILES string of the molecule is CCc1ccc(CN(C)C2CC3CCC(C2)N3)cc1. The number of hydrogen-bond acceptors (Lipinski definition) is 2. The first-order chi connectivity index (χ1) is 9.24. The zero-order valence-corrected chi connectivity index (χ0v) is 12.2. The first kappa shape index (κ1) is 13.1. The zero-order valence-electron chi connectivity index (χ0n) is 12.2. The summed E-state index contributed by atoms with van der Waals surface area (Å²) in [5.41, 5.74) is 2.89. The molecule has 104 valence electrons. The minimum atomic E-state index is 0.768. The molecule has 2 aliphatic heterocycles. The average Bonchev–Trinajstić information content (AvgIpc) is 2.78. The van der Waals surface area contributed by atoms with E-state index in [9.17, 15) is 0 Å². The van der Waals surface area contributed by atoms with Crippen molar-refractivity contribution in [2.24, 2.45) is 0 Å². The molecular weight excluding hydrogens is 232 g/mol. The minimum Gasteiger partial charge on any atom is -0.311 e. The Bertz CT molecular complexity index is 400. The van der Waals surface area contributed by atoms with Crippen molar-refractivity contribution in [1.29, 1.82) is 0 Å². The van der Waals surface area contributed by atoms with Crippen LogP contribution < -0.4 is 5.32 Å². The quantitative estimate of drug-likeness (QED) is 0.893. The number of piperidine rings is 1. The van der Waals surface area contributed by atoms with Gasteiger partial charge in [-0.15, -0.1) is 0 Å². The molecule has 1 aromatic rings. The molecule has 0 spiro atoms. The number of rotatable bonds is 4. The lowest BCUT2D eigenvalue weighted by atomic mass is 9.98. The van der Waals surface area contributed by atoms with E-state index >= 15 is 0 Å². The van der Waals surface area contributed by atoms with E-state index in [2.05, 4.69) is 48.5 Å². The fourth-order valence-electron chi connectivity index (χ4n) is 3.68. The first-order valence-corrected chi connectivity index (χ1v) is 7.78. The van der Waals surface area contributed by atoms with Gasteiger partial charge in [-0.3, -0.25) is 4.90 Å². The predicted octanol–water partition coefficient (Wildman–Crippen LogP) is 2.96. The van der Waals surface area contributed by atoms with E-state index in [-0.39, 0.29) is 0 Å². The van der Waals surface area contributed by atoms with Gasteiger partial charge in [-0.05, 0) is 50.3 Å². The van der Waals surface area contributed by atoms with Crippen LogP contribution >= 0.6 is 0 Å². The Morgan fingerprint density at radius 1 is 1.05 bits per heavy atom. The molecule has 19 heavy (non-hydrogen) atoms. The van der Waals surface area contributed by atoms with E-state index in [1.807, 2.05) is 0 Å². The van der Waals surface area contributed by atoms with Gasteiger partial charge < -0.3 is 5.32 Å². The van der Waals surface area contributed by atoms with E-state index in [0.717, 1.165) is 31.1 Å². The predicted molar refractivity (Wildman–Crippen MR) is 80.3 cm³/mol. The van der Waals surface area contributed by atoms with Crippen molar-refractivity contribution in [2.45, 2.75) is 63.7 Å². The number of hydrogen-bond donors (Lipinski definition) is 1.